The Morgan fingerprint density at radius 3 is 2.90 bits per heavy atom. The van der Waals surface area contributed by atoms with Gasteiger partial charge >= 0.3 is 0 Å². The van der Waals surface area contributed by atoms with Gasteiger partial charge < -0.3 is 10.6 Å². The molecule has 0 unspecified atom stereocenters. The van der Waals surface area contributed by atoms with Gasteiger partial charge in [-0.1, -0.05) is 24.4 Å². The van der Waals surface area contributed by atoms with Crippen LogP contribution in [0.5, 0.6) is 0 Å². The van der Waals surface area contributed by atoms with Gasteiger partial charge in [-0.15, -0.1) is 0 Å². The molecule has 0 saturated heterocycles. The third kappa shape index (κ3) is 3.97. The zero-order chi connectivity index (χ0) is 14.4. The van der Waals surface area contributed by atoms with Crippen LogP contribution in [0.15, 0.2) is 30.1 Å². The molecule has 6 heteroatoms. The minimum Gasteiger partial charge on any atom is -0.349 e. The molecule has 1 aliphatic carbocycles. The van der Waals surface area contributed by atoms with Crippen LogP contribution in [-0.2, 0) is 4.79 Å². The molecule has 5 nitrogen and oxygen atoms in total. The number of nitriles is 1. The lowest BCUT2D eigenvalue weighted by Crippen LogP contribution is -2.33. The number of aromatic nitrogens is 1. The number of anilines is 1. The molecule has 2 rings (SSSR count). The standard InChI is InChI=1S/C14H15ClN4O/c15-11-5-6-17-13(7-11)18-9-10(8-16)14(20)19-12-3-1-2-4-12/h5-7,9,12H,1-4H2,(H,17,18)(H,19,20)/b10-9-. The van der Waals surface area contributed by atoms with Crippen LogP contribution in [0.3, 0.4) is 0 Å². The summed E-state index contributed by atoms with van der Waals surface area (Å²) in [5, 5.41) is 15.2. The molecule has 104 valence electrons. The van der Waals surface area contributed by atoms with E-state index < -0.39 is 0 Å². The van der Waals surface area contributed by atoms with Crippen LogP contribution in [0, 0.1) is 11.3 Å². The Morgan fingerprint density at radius 1 is 1.50 bits per heavy atom. The van der Waals surface area contributed by atoms with Crippen molar-refractivity contribution in [2.45, 2.75) is 31.7 Å². The topological polar surface area (TPSA) is 77.8 Å². The Kier molecular flexibility index (Phi) is 4.97. The summed E-state index contributed by atoms with van der Waals surface area (Å²) in [5.74, 6) is 0.132. The average molecular weight is 291 g/mol. The van der Waals surface area contributed by atoms with Crippen LogP contribution in [0.1, 0.15) is 25.7 Å². The molecule has 1 aromatic heterocycles. The van der Waals surface area contributed by atoms with Crippen molar-refractivity contribution >= 4 is 23.3 Å². The highest BCUT2D eigenvalue weighted by Gasteiger charge is 2.19. The maximum absolute atomic E-state index is 11.9. The first-order valence-corrected chi connectivity index (χ1v) is 6.86. The Morgan fingerprint density at radius 2 is 2.25 bits per heavy atom. The van der Waals surface area contributed by atoms with Gasteiger partial charge in [0.15, 0.2) is 0 Å². The van der Waals surface area contributed by atoms with E-state index in [1.54, 1.807) is 18.3 Å². The van der Waals surface area contributed by atoms with Crippen LogP contribution in [0.25, 0.3) is 0 Å². The van der Waals surface area contributed by atoms with Crippen LogP contribution in [0.2, 0.25) is 5.02 Å². The Hall–Kier alpha value is -2.06. The van der Waals surface area contributed by atoms with Gasteiger partial charge in [0.1, 0.15) is 17.5 Å². The minimum atomic E-state index is -0.353. The van der Waals surface area contributed by atoms with Crippen LogP contribution >= 0.6 is 11.6 Å². The van der Waals surface area contributed by atoms with E-state index in [2.05, 4.69) is 15.6 Å². The highest BCUT2D eigenvalue weighted by atomic mass is 35.5. The van der Waals surface area contributed by atoms with E-state index in [0.29, 0.717) is 10.8 Å². The van der Waals surface area contributed by atoms with Crippen molar-refractivity contribution in [2.24, 2.45) is 0 Å². The molecule has 1 aromatic rings. The van der Waals surface area contributed by atoms with E-state index in [9.17, 15) is 4.79 Å². The van der Waals surface area contributed by atoms with Crippen LogP contribution < -0.4 is 10.6 Å². The molecule has 1 saturated carbocycles. The Balaban J connectivity index is 1.98. The summed E-state index contributed by atoms with van der Waals surface area (Å²) in [5.41, 5.74) is 0.0266. The summed E-state index contributed by atoms with van der Waals surface area (Å²) in [4.78, 5) is 16.0. The summed E-state index contributed by atoms with van der Waals surface area (Å²) >= 11 is 5.82. The normalized spacial score (nSPS) is 15.7. The van der Waals surface area contributed by atoms with Crippen molar-refractivity contribution in [1.29, 1.82) is 5.26 Å². The lowest BCUT2D eigenvalue weighted by Gasteiger charge is -2.11. The fourth-order valence-electron chi connectivity index (χ4n) is 2.11. The van der Waals surface area contributed by atoms with E-state index in [1.165, 1.54) is 6.20 Å². The van der Waals surface area contributed by atoms with E-state index >= 15 is 0 Å². The van der Waals surface area contributed by atoms with E-state index in [1.807, 2.05) is 6.07 Å². The molecule has 1 amide bonds. The van der Waals surface area contributed by atoms with Gasteiger partial charge in [0, 0.05) is 23.5 Å². The summed E-state index contributed by atoms with van der Waals surface area (Å²) in [6.07, 6.45) is 7.11. The fraction of sp³-hybridized carbons (Fsp3) is 0.357. The first-order valence-electron chi connectivity index (χ1n) is 6.48. The van der Waals surface area contributed by atoms with Crippen LogP contribution in [0.4, 0.5) is 5.82 Å². The minimum absolute atomic E-state index is 0.0266. The summed E-state index contributed by atoms with van der Waals surface area (Å²) < 4.78 is 0. The second-order valence-electron chi connectivity index (χ2n) is 4.63. The van der Waals surface area contributed by atoms with Gasteiger partial charge in [-0.3, -0.25) is 4.79 Å². The largest absolute Gasteiger partial charge is 0.349 e. The second kappa shape index (κ2) is 6.92. The molecular weight excluding hydrogens is 276 g/mol. The number of hydrogen-bond acceptors (Lipinski definition) is 4. The third-order valence-corrected chi connectivity index (χ3v) is 3.38. The second-order valence-corrected chi connectivity index (χ2v) is 5.06. The molecule has 0 atom stereocenters. The fourth-order valence-corrected chi connectivity index (χ4v) is 2.27. The van der Waals surface area contributed by atoms with Crippen molar-refractivity contribution in [3.8, 4) is 6.07 Å². The third-order valence-electron chi connectivity index (χ3n) is 3.14. The summed E-state index contributed by atoms with van der Waals surface area (Å²) in [6.45, 7) is 0. The number of nitrogens with zero attached hydrogens (tertiary/aromatic N) is 2. The van der Waals surface area contributed by atoms with Gasteiger partial charge in [-0.2, -0.15) is 5.26 Å². The van der Waals surface area contributed by atoms with Crippen molar-refractivity contribution in [2.75, 3.05) is 5.32 Å². The van der Waals surface area contributed by atoms with Gasteiger partial charge in [0.2, 0.25) is 0 Å². The molecule has 1 aliphatic rings. The number of rotatable bonds is 4. The maximum Gasteiger partial charge on any atom is 0.263 e. The number of pyridine rings is 1. The average Bonchev–Trinajstić information content (AvgIpc) is 2.92. The quantitative estimate of drug-likeness (QED) is 0.660. The number of nitrogens with one attached hydrogen (secondary N) is 2. The predicted molar refractivity (Wildman–Crippen MR) is 77.0 cm³/mol. The summed E-state index contributed by atoms with van der Waals surface area (Å²) in [7, 11) is 0. The number of halogens is 1. The van der Waals surface area contributed by atoms with Gasteiger partial charge in [0.05, 0.1) is 0 Å². The molecule has 2 N–H and O–H groups in total. The first kappa shape index (κ1) is 14.4. The highest BCUT2D eigenvalue weighted by molar-refractivity contribution is 6.30. The van der Waals surface area contributed by atoms with E-state index in [0.717, 1.165) is 25.7 Å². The van der Waals surface area contributed by atoms with Crippen LogP contribution in [-0.4, -0.2) is 16.9 Å². The zero-order valence-electron chi connectivity index (χ0n) is 10.9. The molecule has 20 heavy (non-hydrogen) atoms. The van der Waals surface area contributed by atoms with Crippen molar-refractivity contribution in [3.63, 3.8) is 0 Å². The van der Waals surface area contributed by atoms with Crippen molar-refractivity contribution in [3.05, 3.63) is 35.1 Å². The summed E-state index contributed by atoms with van der Waals surface area (Å²) in [6, 6.07) is 5.33. The number of carbonyl (C=O) groups is 1. The zero-order valence-corrected chi connectivity index (χ0v) is 11.7. The lowest BCUT2D eigenvalue weighted by atomic mass is 10.2. The van der Waals surface area contributed by atoms with Gasteiger partial charge in [-0.25, -0.2) is 4.98 Å². The van der Waals surface area contributed by atoms with Crippen molar-refractivity contribution in [1.82, 2.24) is 10.3 Å². The maximum atomic E-state index is 11.9. The SMILES string of the molecule is N#C/C(=C/Nc1cc(Cl)ccn1)C(=O)NC1CCCC1. The lowest BCUT2D eigenvalue weighted by molar-refractivity contribution is -0.117. The van der Waals surface area contributed by atoms with E-state index in [-0.39, 0.29) is 17.5 Å². The van der Waals surface area contributed by atoms with Gasteiger partial charge in [0.25, 0.3) is 5.91 Å². The molecule has 0 bridgehead atoms. The predicted octanol–water partition coefficient (Wildman–Crippen LogP) is 2.61. The Bertz CT molecular complexity index is 559. The highest BCUT2D eigenvalue weighted by Crippen LogP contribution is 2.18. The first-order chi connectivity index (χ1) is 9.69. The number of amides is 1. The molecule has 1 heterocycles. The molecule has 1 fully saturated rings. The molecule has 0 aromatic carbocycles. The number of hydrogen-bond donors (Lipinski definition) is 2. The number of carbonyl (C=O) groups excluding carboxylic acids is 1. The smallest absolute Gasteiger partial charge is 0.263 e. The van der Waals surface area contributed by atoms with E-state index in [4.69, 9.17) is 16.9 Å². The molecule has 0 spiro atoms. The molecule has 0 radical (unpaired) electrons. The van der Waals surface area contributed by atoms with Gasteiger partial charge in [-0.05, 0) is 25.0 Å². The Labute approximate surface area is 122 Å². The molecular formula is C14H15ClN4O. The molecule has 0 aliphatic heterocycles. The van der Waals surface area contributed by atoms with Crippen molar-refractivity contribution < 1.29 is 4.79 Å². The monoisotopic (exact) mass is 290 g/mol.